The molecule has 2 aliphatic rings. The fraction of sp³-hybridized carbons (Fsp3) is 0.917. The van der Waals surface area contributed by atoms with Crippen molar-refractivity contribution in [2.45, 2.75) is 50.7 Å². The average Bonchev–Trinajstić information content (AvgIpc) is 2.80. The summed E-state index contributed by atoms with van der Waals surface area (Å²) in [5.41, 5.74) is 5.80. The molecule has 1 atom stereocenters. The predicted octanol–water partition coefficient (Wildman–Crippen LogP) is 1.23. The molecule has 1 aliphatic carbocycles. The Kier molecular flexibility index (Phi) is 4.18. The highest BCUT2D eigenvalue weighted by molar-refractivity contribution is 5.72. The number of esters is 1. The molecule has 4 heteroatoms. The number of hydrogen-bond acceptors (Lipinski definition) is 4. The standard InChI is InChI=1S/C12H21NO3/c13-10-5-3-9(4-6-10)12(14)16-8-11-2-1-7-15-11/h9-11H,1-8,13H2. The van der Waals surface area contributed by atoms with Crippen LogP contribution in [0.3, 0.4) is 0 Å². The molecular formula is C12H21NO3. The van der Waals surface area contributed by atoms with Crippen molar-refractivity contribution in [1.29, 1.82) is 0 Å². The van der Waals surface area contributed by atoms with Crippen molar-refractivity contribution in [3.8, 4) is 0 Å². The van der Waals surface area contributed by atoms with Gasteiger partial charge in [-0.2, -0.15) is 0 Å². The lowest BCUT2D eigenvalue weighted by Crippen LogP contribution is -2.31. The Labute approximate surface area is 96.5 Å². The highest BCUT2D eigenvalue weighted by atomic mass is 16.6. The van der Waals surface area contributed by atoms with Crippen LogP contribution in [-0.4, -0.2) is 31.3 Å². The van der Waals surface area contributed by atoms with E-state index < -0.39 is 0 Å². The van der Waals surface area contributed by atoms with Gasteiger partial charge < -0.3 is 15.2 Å². The van der Waals surface area contributed by atoms with E-state index in [4.69, 9.17) is 15.2 Å². The molecule has 1 aliphatic heterocycles. The van der Waals surface area contributed by atoms with Crippen molar-refractivity contribution in [2.24, 2.45) is 11.7 Å². The van der Waals surface area contributed by atoms with E-state index in [1.54, 1.807) is 0 Å². The highest BCUT2D eigenvalue weighted by Gasteiger charge is 2.27. The van der Waals surface area contributed by atoms with Gasteiger partial charge in [0, 0.05) is 12.6 Å². The zero-order valence-electron chi connectivity index (χ0n) is 9.69. The van der Waals surface area contributed by atoms with Crippen molar-refractivity contribution in [2.75, 3.05) is 13.2 Å². The molecule has 2 rings (SSSR count). The molecule has 0 radical (unpaired) electrons. The molecule has 0 spiro atoms. The maximum atomic E-state index is 11.7. The lowest BCUT2D eigenvalue weighted by molar-refractivity contribution is -0.152. The van der Waals surface area contributed by atoms with Gasteiger partial charge in [0.05, 0.1) is 12.0 Å². The van der Waals surface area contributed by atoms with Crippen LogP contribution in [0.1, 0.15) is 38.5 Å². The van der Waals surface area contributed by atoms with Gasteiger partial charge in [0.1, 0.15) is 6.61 Å². The van der Waals surface area contributed by atoms with E-state index in [0.717, 1.165) is 45.1 Å². The molecule has 2 N–H and O–H groups in total. The van der Waals surface area contributed by atoms with E-state index >= 15 is 0 Å². The fourth-order valence-electron chi connectivity index (χ4n) is 2.42. The van der Waals surface area contributed by atoms with Gasteiger partial charge in [-0.3, -0.25) is 4.79 Å². The number of hydrogen-bond donors (Lipinski definition) is 1. The average molecular weight is 227 g/mol. The zero-order chi connectivity index (χ0) is 11.4. The van der Waals surface area contributed by atoms with Gasteiger partial charge in [-0.05, 0) is 38.5 Å². The minimum absolute atomic E-state index is 0.0533. The molecule has 4 nitrogen and oxygen atoms in total. The van der Waals surface area contributed by atoms with Gasteiger partial charge in [-0.25, -0.2) is 0 Å². The molecule has 1 saturated carbocycles. The number of nitrogens with two attached hydrogens (primary N) is 1. The summed E-state index contributed by atoms with van der Waals surface area (Å²) >= 11 is 0. The van der Waals surface area contributed by atoms with Gasteiger partial charge in [-0.15, -0.1) is 0 Å². The molecule has 1 unspecified atom stereocenters. The summed E-state index contributed by atoms with van der Waals surface area (Å²) in [5, 5.41) is 0. The highest BCUT2D eigenvalue weighted by Crippen LogP contribution is 2.24. The van der Waals surface area contributed by atoms with E-state index in [2.05, 4.69) is 0 Å². The predicted molar refractivity (Wildman–Crippen MR) is 59.9 cm³/mol. The van der Waals surface area contributed by atoms with E-state index in [1.165, 1.54) is 0 Å². The minimum atomic E-state index is -0.0533. The van der Waals surface area contributed by atoms with E-state index in [-0.39, 0.29) is 24.0 Å². The van der Waals surface area contributed by atoms with Gasteiger partial charge in [0.2, 0.25) is 0 Å². The van der Waals surface area contributed by atoms with Crippen LogP contribution in [0, 0.1) is 5.92 Å². The molecule has 0 aromatic heterocycles. The molecule has 0 aromatic carbocycles. The van der Waals surface area contributed by atoms with Gasteiger partial charge in [-0.1, -0.05) is 0 Å². The zero-order valence-corrected chi connectivity index (χ0v) is 9.69. The van der Waals surface area contributed by atoms with Crippen LogP contribution in [0.4, 0.5) is 0 Å². The summed E-state index contributed by atoms with van der Waals surface area (Å²) < 4.78 is 10.7. The lowest BCUT2D eigenvalue weighted by atomic mass is 9.86. The van der Waals surface area contributed by atoms with Crippen LogP contribution in [0.15, 0.2) is 0 Å². The quantitative estimate of drug-likeness (QED) is 0.736. The lowest BCUT2D eigenvalue weighted by Gasteiger charge is -2.24. The Hall–Kier alpha value is -0.610. The van der Waals surface area contributed by atoms with Crippen molar-refractivity contribution >= 4 is 5.97 Å². The monoisotopic (exact) mass is 227 g/mol. The summed E-state index contributed by atoms with van der Waals surface area (Å²) in [6.07, 6.45) is 5.88. The smallest absolute Gasteiger partial charge is 0.309 e. The first-order valence-electron chi connectivity index (χ1n) is 6.29. The summed E-state index contributed by atoms with van der Waals surface area (Å²) in [7, 11) is 0. The normalized spacial score (nSPS) is 34.9. The molecule has 0 aromatic rings. The van der Waals surface area contributed by atoms with Gasteiger partial charge in [0.25, 0.3) is 0 Å². The van der Waals surface area contributed by atoms with E-state index in [1.807, 2.05) is 0 Å². The van der Waals surface area contributed by atoms with Crippen molar-refractivity contribution in [1.82, 2.24) is 0 Å². The largest absolute Gasteiger partial charge is 0.463 e. The van der Waals surface area contributed by atoms with Crippen molar-refractivity contribution < 1.29 is 14.3 Å². The third-order valence-corrected chi connectivity index (χ3v) is 3.54. The van der Waals surface area contributed by atoms with Crippen LogP contribution in [0.2, 0.25) is 0 Å². The van der Waals surface area contributed by atoms with Crippen LogP contribution in [0.25, 0.3) is 0 Å². The molecule has 2 fully saturated rings. The van der Waals surface area contributed by atoms with E-state index in [9.17, 15) is 4.79 Å². The van der Waals surface area contributed by atoms with E-state index in [0.29, 0.717) is 6.61 Å². The molecule has 1 saturated heterocycles. The topological polar surface area (TPSA) is 61.6 Å². The third kappa shape index (κ3) is 3.19. The Bertz CT molecular complexity index is 230. The Morgan fingerprint density at radius 3 is 2.62 bits per heavy atom. The SMILES string of the molecule is NC1CCC(C(=O)OCC2CCCO2)CC1. The van der Waals surface area contributed by atoms with Crippen LogP contribution < -0.4 is 5.73 Å². The van der Waals surface area contributed by atoms with Gasteiger partial charge in [0.15, 0.2) is 0 Å². The maximum absolute atomic E-state index is 11.7. The summed E-state index contributed by atoms with van der Waals surface area (Å²) in [4.78, 5) is 11.7. The number of carbonyl (C=O) groups is 1. The Morgan fingerprint density at radius 1 is 1.25 bits per heavy atom. The van der Waals surface area contributed by atoms with Crippen molar-refractivity contribution in [3.05, 3.63) is 0 Å². The van der Waals surface area contributed by atoms with Crippen LogP contribution >= 0.6 is 0 Å². The first kappa shape index (κ1) is 11.9. The first-order chi connectivity index (χ1) is 7.75. The maximum Gasteiger partial charge on any atom is 0.309 e. The van der Waals surface area contributed by atoms with Gasteiger partial charge >= 0.3 is 5.97 Å². The molecular weight excluding hydrogens is 206 g/mol. The summed E-state index contributed by atoms with van der Waals surface area (Å²) in [5.74, 6) is 0.0172. The second kappa shape index (κ2) is 5.64. The van der Waals surface area contributed by atoms with Crippen LogP contribution in [-0.2, 0) is 14.3 Å². The minimum Gasteiger partial charge on any atom is -0.463 e. The molecule has 16 heavy (non-hydrogen) atoms. The number of rotatable bonds is 3. The second-order valence-electron chi connectivity index (χ2n) is 4.88. The second-order valence-corrected chi connectivity index (χ2v) is 4.88. The van der Waals surface area contributed by atoms with Crippen LogP contribution in [0.5, 0.6) is 0 Å². The first-order valence-corrected chi connectivity index (χ1v) is 6.29. The Balaban J connectivity index is 1.67. The Morgan fingerprint density at radius 2 is 2.00 bits per heavy atom. The molecule has 1 heterocycles. The molecule has 92 valence electrons. The summed E-state index contributed by atoms with van der Waals surface area (Å²) in [6.45, 7) is 1.24. The fourth-order valence-corrected chi connectivity index (χ4v) is 2.42. The number of carbonyl (C=O) groups excluding carboxylic acids is 1. The molecule has 0 amide bonds. The summed E-state index contributed by atoms with van der Waals surface area (Å²) in [6, 6.07) is 0.280. The molecule has 0 bridgehead atoms. The third-order valence-electron chi connectivity index (χ3n) is 3.54. The number of ether oxygens (including phenoxy) is 2. The van der Waals surface area contributed by atoms with Crippen molar-refractivity contribution in [3.63, 3.8) is 0 Å².